The molecular formula is C28H24N2O6S. The number of thiazole rings is 1. The molecule has 5 rings (SSSR count). The van der Waals surface area contributed by atoms with Crippen molar-refractivity contribution in [3.05, 3.63) is 91.3 Å². The summed E-state index contributed by atoms with van der Waals surface area (Å²) in [6.07, 6.45) is 3.02. The Bertz CT molecular complexity index is 1670. The largest absolute Gasteiger partial charge is 0.463 e. The minimum absolute atomic E-state index is 0.171. The SMILES string of the molecule is CCOC(=O)C=c1sc(=Cc2ccc3ccccc3c2)c(=O)n1CC(=O)NCc1ccc2c(c1)OCO2. The Balaban J connectivity index is 1.42. The van der Waals surface area contributed by atoms with Crippen LogP contribution in [0.25, 0.3) is 22.9 Å². The molecule has 4 aromatic rings. The Hall–Kier alpha value is -4.37. The standard InChI is InChI=1S/C28H24N2O6S/c1-2-34-27(32)14-26-30(16-25(31)29-15-19-8-10-22-23(12-19)36-17-35-22)28(33)24(37-26)13-18-7-9-20-5-3-4-6-21(20)11-18/h3-14H,2,15-17H2,1H3,(H,29,31). The normalized spacial score (nSPS) is 13.2. The van der Waals surface area contributed by atoms with Crippen molar-refractivity contribution in [2.24, 2.45) is 0 Å². The molecule has 1 amide bonds. The number of nitrogens with one attached hydrogen (secondary N) is 1. The Morgan fingerprint density at radius 1 is 1.05 bits per heavy atom. The van der Waals surface area contributed by atoms with Gasteiger partial charge in [0.15, 0.2) is 11.5 Å². The third-order valence-corrected chi connectivity index (χ3v) is 6.82. The van der Waals surface area contributed by atoms with Crippen LogP contribution in [0.15, 0.2) is 65.5 Å². The van der Waals surface area contributed by atoms with Gasteiger partial charge < -0.3 is 19.5 Å². The van der Waals surface area contributed by atoms with E-state index < -0.39 is 5.97 Å². The lowest BCUT2D eigenvalue weighted by molar-refractivity contribution is -0.135. The molecule has 188 valence electrons. The molecule has 0 saturated carbocycles. The second-order valence-electron chi connectivity index (χ2n) is 8.31. The van der Waals surface area contributed by atoms with Gasteiger partial charge in [0.1, 0.15) is 11.2 Å². The van der Waals surface area contributed by atoms with Crippen LogP contribution in [0.2, 0.25) is 0 Å². The molecule has 1 aromatic heterocycles. The maximum Gasteiger partial charge on any atom is 0.333 e. The second-order valence-corrected chi connectivity index (χ2v) is 9.37. The highest BCUT2D eigenvalue weighted by molar-refractivity contribution is 7.07. The first kappa shape index (κ1) is 24.3. The molecule has 0 atom stereocenters. The molecular weight excluding hydrogens is 492 g/mol. The molecule has 9 heteroatoms. The van der Waals surface area contributed by atoms with Gasteiger partial charge in [-0.25, -0.2) is 4.79 Å². The summed E-state index contributed by atoms with van der Waals surface area (Å²) >= 11 is 1.14. The van der Waals surface area contributed by atoms with Crippen molar-refractivity contribution < 1.29 is 23.8 Å². The van der Waals surface area contributed by atoms with Gasteiger partial charge in [0.25, 0.3) is 5.56 Å². The van der Waals surface area contributed by atoms with Crippen molar-refractivity contribution in [1.29, 1.82) is 0 Å². The fourth-order valence-corrected chi connectivity index (χ4v) is 5.01. The molecule has 1 aliphatic heterocycles. The molecule has 0 spiro atoms. The quantitative estimate of drug-likeness (QED) is 0.379. The first-order valence-corrected chi connectivity index (χ1v) is 12.6. The number of hydrogen-bond donors (Lipinski definition) is 1. The number of nitrogens with zero attached hydrogens (tertiary/aromatic N) is 1. The second kappa shape index (κ2) is 10.7. The van der Waals surface area contributed by atoms with Gasteiger partial charge >= 0.3 is 5.97 Å². The molecule has 2 heterocycles. The number of carbonyl (C=O) groups excluding carboxylic acids is 2. The van der Waals surface area contributed by atoms with Crippen LogP contribution in [0.4, 0.5) is 0 Å². The number of rotatable bonds is 7. The Morgan fingerprint density at radius 3 is 2.70 bits per heavy atom. The summed E-state index contributed by atoms with van der Waals surface area (Å²) in [4.78, 5) is 38.2. The number of benzene rings is 3. The number of esters is 1. The summed E-state index contributed by atoms with van der Waals surface area (Å²) in [6.45, 7) is 2.09. The van der Waals surface area contributed by atoms with E-state index in [9.17, 15) is 14.4 Å². The summed E-state index contributed by atoms with van der Waals surface area (Å²) in [5, 5.41) is 4.97. The molecule has 8 nitrogen and oxygen atoms in total. The molecule has 0 fully saturated rings. The van der Waals surface area contributed by atoms with Crippen molar-refractivity contribution in [3.63, 3.8) is 0 Å². The van der Waals surface area contributed by atoms with Crippen LogP contribution in [-0.4, -0.2) is 29.8 Å². The monoisotopic (exact) mass is 516 g/mol. The first-order chi connectivity index (χ1) is 18.0. The van der Waals surface area contributed by atoms with Crippen molar-refractivity contribution >= 4 is 46.1 Å². The number of aromatic nitrogens is 1. The number of fused-ring (bicyclic) bond motifs is 2. The van der Waals surface area contributed by atoms with Crippen molar-refractivity contribution in [2.75, 3.05) is 13.4 Å². The summed E-state index contributed by atoms with van der Waals surface area (Å²) in [6, 6.07) is 19.3. The molecule has 1 N–H and O–H groups in total. The van der Waals surface area contributed by atoms with Crippen molar-refractivity contribution in [1.82, 2.24) is 9.88 Å². The highest BCUT2D eigenvalue weighted by Gasteiger charge is 2.15. The third-order valence-electron chi connectivity index (χ3n) is 5.76. The van der Waals surface area contributed by atoms with Crippen molar-refractivity contribution in [3.8, 4) is 11.5 Å². The van der Waals surface area contributed by atoms with E-state index >= 15 is 0 Å². The summed E-state index contributed by atoms with van der Waals surface area (Å²) < 4.78 is 17.8. The van der Waals surface area contributed by atoms with E-state index in [1.807, 2.05) is 48.5 Å². The lowest BCUT2D eigenvalue weighted by Crippen LogP contribution is -2.38. The van der Waals surface area contributed by atoms with Crippen LogP contribution in [-0.2, 0) is 27.4 Å². The minimum Gasteiger partial charge on any atom is -0.463 e. The zero-order valence-corrected chi connectivity index (χ0v) is 20.9. The highest BCUT2D eigenvalue weighted by atomic mass is 32.1. The molecule has 0 aliphatic carbocycles. The maximum absolute atomic E-state index is 13.3. The molecule has 0 unspecified atom stereocenters. The van der Waals surface area contributed by atoms with Gasteiger partial charge in [0, 0.05) is 6.54 Å². The zero-order chi connectivity index (χ0) is 25.8. The Labute approximate surface area is 216 Å². The number of carbonyl (C=O) groups is 2. The minimum atomic E-state index is -0.574. The highest BCUT2D eigenvalue weighted by Crippen LogP contribution is 2.32. The number of hydrogen-bond acceptors (Lipinski definition) is 7. The van der Waals surface area contributed by atoms with Crippen LogP contribution in [0, 0.1) is 0 Å². The lowest BCUT2D eigenvalue weighted by atomic mass is 10.1. The van der Waals surface area contributed by atoms with Gasteiger partial charge in [-0.1, -0.05) is 42.5 Å². The first-order valence-electron chi connectivity index (χ1n) is 11.7. The van der Waals surface area contributed by atoms with E-state index in [-0.39, 0.29) is 38.0 Å². The van der Waals surface area contributed by atoms with Gasteiger partial charge in [0.2, 0.25) is 12.7 Å². The summed E-state index contributed by atoms with van der Waals surface area (Å²) in [5.74, 6) is 0.346. The molecule has 0 saturated heterocycles. The molecule has 37 heavy (non-hydrogen) atoms. The van der Waals surface area contributed by atoms with Crippen LogP contribution >= 0.6 is 11.3 Å². The smallest absolute Gasteiger partial charge is 0.333 e. The zero-order valence-electron chi connectivity index (χ0n) is 20.1. The lowest BCUT2D eigenvalue weighted by Gasteiger charge is -2.07. The third kappa shape index (κ3) is 5.57. The fourth-order valence-electron chi connectivity index (χ4n) is 3.98. The van der Waals surface area contributed by atoms with Crippen LogP contribution in [0.1, 0.15) is 18.1 Å². The van der Waals surface area contributed by atoms with E-state index in [1.54, 1.807) is 25.1 Å². The van der Waals surface area contributed by atoms with Crippen molar-refractivity contribution in [2.45, 2.75) is 20.0 Å². The van der Waals surface area contributed by atoms with E-state index in [2.05, 4.69) is 5.32 Å². The van der Waals surface area contributed by atoms with E-state index in [4.69, 9.17) is 14.2 Å². The Morgan fingerprint density at radius 2 is 1.86 bits per heavy atom. The summed E-state index contributed by atoms with van der Waals surface area (Å²) in [7, 11) is 0. The predicted molar refractivity (Wildman–Crippen MR) is 141 cm³/mol. The topological polar surface area (TPSA) is 95.9 Å². The molecule has 0 radical (unpaired) electrons. The van der Waals surface area contributed by atoms with E-state index in [0.29, 0.717) is 20.7 Å². The fraction of sp³-hybridized carbons (Fsp3) is 0.179. The van der Waals surface area contributed by atoms with Crippen LogP contribution in [0.3, 0.4) is 0 Å². The number of ether oxygens (including phenoxy) is 3. The van der Waals surface area contributed by atoms with Gasteiger partial charge in [-0.3, -0.25) is 14.2 Å². The van der Waals surface area contributed by atoms with Gasteiger partial charge in [-0.15, -0.1) is 11.3 Å². The van der Waals surface area contributed by atoms with Gasteiger partial charge in [0.05, 0.1) is 17.2 Å². The number of amides is 1. The molecule has 3 aromatic carbocycles. The van der Waals surface area contributed by atoms with Crippen LogP contribution < -0.4 is 29.5 Å². The molecule has 0 bridgehead atoms. The Kier molecular flexibility index (Phi) is 7.04. The molecule has 1 aliphatic rings. The summed E-state index contributed by atoms with van der Waals surface area (Å²) in [5.41, 5.74) is 1.32. The van der Waals surface area contributed by atoms with E-state index in [1.165, 1.54) is 10.6 Å². The average molecular weight is 517 g/mol. The predicted octanol–water partition coefficient (Wildman–Crippen LogP) is 2.28. The maximum atomic E-state index is 13.3. The van der Waals surface area contributed by atoms with Gasteiger partial charge in [-0.05, 0) is 53.1 Å². The van der Waals surface area contributed by atoms with Gasteiger partial charge in [-0.2, -0.15) is 0 Å². The average Bonchev–Trinajstić information content (AvgIpc) is 3.47. The van der Waals surface area contributed by atoms with E-state index in [0.717, 1.165) is 33.2 Å². The van der Waals surface area contributed by atoms with Crippen LogP contribution in [0.5, 0.6) is 11.5 Å².